The maximum atomic E-state index is 13.2. The van der Waals surface area contributed by atoms with Gasteiger partial charge in [0.05, 0.1) is 17.3 Å². The van der Waals surface area contributed by atoms with Crippen LogP contribution in [0, 0.1) is 19.7 Å². The highest BCUT2D eigenvalue weighted by Gasteiger charge is 2.23. The van der Waals surface area contributed by atoms with Crippen molar-refractivity contribution in [3.05, 3.63) is 77.5 Å². The fourth-order valence-electron chi connectivity index (χ4n) is 4.22. The number of hydrogen-bond donors (Lipinski definition) is 0. The third-order valence-corrected chi connectivity index (χ3v) is 5.97. The molecule has 1 amide bonds. The summed E-state index contributed by atoms with van der Waals surface area (Å²) in [5, 5.41) is 5.49. The molecule has 1 aliphatic rings. The molecule has 2 aromatic carbocycles. The summed E-state index contributed by atoms with van der Waals surface area (Å²) < 4.78 is 15.1. The van der Waals surface area contributed by atoms with E-state index in [9.17, 15) is 9.18 Å². The molecule has 0 unspecified atom stereocenters. The second kappa shape index (κ2) is 8.61. The summed E-state index contributed by atoms with van der Waals surface area (Å²) in [7, 11) is 0. The van der Waals surface area contributed by atoms with Crippen LogP contribution in [0.3, 0.4) is 0 Å². The van der Waals surface area contributed by atoms with Crippen molar-refractivity contribution in [1.29, 1.82) is 0 Å². The fraction of sp³-hybridized carbons (Fsp3) is 0.280. The van der Waals surface area contributed by atoms with Gasteiger partial charge in [0.25, 0.3) is 5.91 Å². The number of anilines is 1. The zero-order valence-corrected chi connectivity index (χ0v) is 18.7. The van der Waals surface area contributed by atoms with Gasteiger partial charge in [-0.2, -0.15) is 5.10 Å². The average Bonchev–Trinajstić information content (AvgIpc) is 3.07. The Balaban J connectivity index is 1.42. The van der Waals surface area contributed by atoms with E-state index in [0.717, 1.165) is 35.5 Å². The number of carbonyl (C=O) groups excluding carboxylic acids is 1. The Morgan fingerprint density at radius 2 is 1.67 bits per heavy atom. The zero-order chi connectivity index (χ0) is 22.9. The Labute approximate surface area is 191 Å². The van der Waals surface area contributed by atoms with Crippen molar-refractivity contribution in [2.45, 2.75) is 20.3 Å². The summed E-state index contributed by atoms with van der Waals surface area (Å²) in [6, 6.07) is 13.9. The van der Waals surface area contributed by atoms with Crippen LogP contribution >= 0.6 is 0 Å². The number of aryl methyl sites for hydroxylation is 2. The molecule has 0 saturated carbocycles. The second-order valence-corrected chi connectivity index (χ2v) is 8.36. The van der Waals surface area contributed by atoms with E-state index >= 15 is 0 Å². The third-order valence-electron chi connectivity index (χ3n) is 5.97. The van der Waals surface area contributed by atoms with E-state index in [4.69, 9.17) is 4.98 Å². The second-order valence-electron chi connectivity index (χ2n) is 8.36. The lowest BCUT2D eigenvalue weighted by Crippen LogP contribution is -2.35. The molecule has 33 heavy (non-hydrogen) atoms. The highest BCUT2D eigenvalue weighted by atomic mass is 19.1. The van der Waals surface area contributed by atoms with Gasteiger partial charge < -0.3 is 9.80 Å². The Bertz CT molecular complexity index is 1300. The van der Waals surface area contributed by atoms with Gasteiger partial charge >= 0.3 is 0 Å². The Hall–Kier alpha value is -3.81. The largest absolute Gasteiger partial charge is 0.354 e. The van der Waals surface area contributed by atoms with Gasteiger partial charge in [-0.3, -0.25) is 4.79 Å². The number of nitrogens with zero attached hydrogens (tertiary/aromatic N) is 6. The molecule has 3 heterocycles. The van der Waals surface area contributed by atoms with Crippen molar-refractivity contribution in [2.75, 3.05) is 31.1 Å². The predicted octanol–water partition coefficient (Wildman–Crippen LogP) is 3.92. The number of rotatable bonds is 3. The van der Waals surface area contributed by atoms with E-state index in [2.05, 4.69) is 34.0 Å². The molecule has 2 aromatic heterocycles. The molecule has 8 heteroatoms. The van der Waals surface area contributed by atoms with E-state index in [1.54, 1.807) is 0 Å². The molecule has 4 aromatic rings. The summed E-state index contributed by atoms with van der Waals surface area (Å²) in [5.41, 5.74) is 3.41. The summed E-state index contributed by atoms with van der Waals surface area (Å²) in [5.74, 6) is 1.10. The van der Waals surface area contributed by atoms with Crippen LogP contribution in [0.25, 0.3) is 16.7 Å². The standard InChI is InChI=1S/C25H25FN6O/c1-17-4-10-21(11-5-17)32-24-22(16-27-32)23(28-18(2)29-24)30-12-3-13-31(15-14-30)25(33)19-6-8-20(26)9-7-19/h4-11,16H,3,12-15H2,1-2H3. The van der Waals surface area contributed by atoms with Crippen molar-refractivity contribution in [1.82, 2.24) is 24.6 Å². The van der Waals surface area contributed by atoms with Crippen molar-refractivity contribution in [3.8, 4) is 5.69 Å². The highest BCUT2D eigenvalue weighted by Crippen LogP contribution is 2.27. The van der Waals surface area contributed by atoms with Crippen molar-refractivity contribution < 1.29 is 9.18 Å². The molecule has 1 fully saturated rings. The van der Waals surface area contributed by atoms with Crippen LogP contribution < -0.4 is 4.90 Å². The minimum Gasteiger partial charge on any atom is -0.354 e. The van der Waals surface area contributed by atoms with Crippen LogP contribution in [0.5, 0.6) is 0 Å². The molecule has 0 bridgehead atoms. The summed E-state index contributed by atoms with van der Waals surface area (Å²) >= 11 is 0. The van der Waals surface area contributed by atoms with Gasteiger partial charge in [-0.05, 0) is 56.7 Å². The van der Waals surface area contributed by atoms with Crippen LogP contribution in [-0.2, 0) is 0 Å². The molecular weight excluding hydrogens is 419 g/mol. The molecule has 0 atom stereocenters. The van der Waals surface area contributed by atoms with E-state index in [1.165, 1.54) is 29.8 Å². The highest BCUT2D eigenvalue weighted by molar-refractivity contribution is 5.94. The van der Waals surface area contributed by atoms with E-state index < -0.39 is 0 Å². The van der Waals surface area contributed by atoms with Crippen molar-refractivity contribution >= 4 is 22.8 Å². The summed E-state index contributed by atoms with van der Waals surface area (Å²) in [6.07, 6.45) is 2.62. The fourth-order valence-corrected chi connectivity index (χ4v) is 4.22. The van der Waals surface area contributed by atoms with E-state index in [1.807, 2.05) is 34.8 Å². The van der Waals surface area contributed by atoms with E-state index in [-0.39, 0.29) is 11.7 Å². The van der Waals surface area contributed by atoms with Gasteiger partial charge in [0, 0.05) is 31.7 Å². The first-order chi connectivity index (χ1) is 16.0. The number of benzene rings is 2. The number of hydrogen-bond acceptors (Lipinski definition) is 5. The Morgan fingerprint density at radius 1 is 0.909 bits per heavy atom. The lowest BCUT2D eigenvalue weighted by molar-refractivity contribution is 0.0767. The minimum absolute atomic E-state index is 0.0759. The first-order valence-corrected chi connectivity index (χ1v) is 11.1. The number of halogens is 1. The minimum atomic E-state index is -0.345. The molecule has 5 rings (SSSR count). The van der Waals surface area contributed by atoms with Gasteiger partial charge in [0.1, 0.15) is 17.5 Å². The van der Waals surface area contributed by atoms with Gasteiger partial charge in [-0.25, -0.2) is 19.0 Å². The summed E-state index contributed by atoms with van der Waals surface area (Å²) in [6.45, 7) is 6.56. The zero-order valence-electron chi connectivity index (χ0n) is 18.7. The van der Waals surface area contributed by atoms with Crippen LogP contribution in [-0.4, -0.2) is 56.7 Å². The normalized spacial score (nSPS) is 14.5. The van der Waals surface area contributed by atoms with Crippen molar-refractivity contribution in [3.63, 3.8) is 0 Å². The van der Waals surface area contributed by atoms with Crippen molar-refractivity contribution in [2.24, 2.45) is 0 Å². The molecule has 168 valence electrons. The van der Waals surface area contributed by atoms with Crippen LogP contribution in [0.15, 0.2) is 54.7 Å². The maximum absolute atomic E-state index is 13.2. The molecule has 7 nitrogen and oxygen atoms in total. The van der Waals surface area contributed by atoms with Gasteiger partial charge in [-0.15, -0.1) is 0 Å². The van der Waals surface area contributed by atoms with Gasteiger partial charge in [0.15, 0.2) is 5.65 Å². The molecule has 0 N–H and O–H groups in total. The lowest BCUT2D eigenvalue weighted by Gasteiger charge is -2.23. The molecule has 1 saturated heterocycles. The smallest absolute Gasteiger partial charge is 0.253 e. The molecule has 0 radical (unpaired) electrons. The van der Waals surface area contributed by atoms with Gasteiger partial charge in [-0.1, -0.05) is 17.7 Å². The van der Waals surface area contributed by atoms with Crippen LogP contribution in [0.2, 0.25) is 0 Å². The average molecular weight is 445 g/mol. The number of carbonyl (C=O) groups is 1. The first-order valence-electron chi connectivity index (χ1n) is 11.1. The topological polar surface area (TPSA) is 67.2 Å². The third kappa shape index (κ3) is 4.16. The maximum Gasteiger partial charge on any atom is 0.253 e. The molecule has 1 aliphatic heterocycles. The van der Waals surface area contributed by atoms with Crippen LogP contribution in [0.4, 0.5) is 10.2 Å². The summed E-state index contributed by atoms with van der Waals surface area (Å²) in [4.78, 5) is 26.3. The molecular formula is C25H25FN6O. The number of fused-ring (bicyclic) bond motifs is 1. The van der Waals surface area contributed by atoms with Crippen LogP contribution in [0.1, 0.15) is 28.2 Å². The molecule has 0 aliphatic carbocycles. The number of amides is 1. The SMILES string of the molecule is Cc1ccc(-n2ncc3c(N4CCCN(C(=O)c5ccc(F)cc5)CC4)nc(C)nc32)cc1. The quantitative estimate of drug-likeness (QED) is 0.479. The van der Waals surface area contributed by atoms with E-state index in [0.29, 0.717) is 31.0 Å². The Morgan fingerprint density at radius 3 is 2.42 bits per heavy atom. The predicted molar refractivity (Wildman–Crippen MR) is 125 cm³/mol. The molecule has 0 spiro atoms. The monoisotopic (exact) mass is 444 g/mol. The van der Waals surface area contributed by atoms with Gasteiger partial charge in [0.2, 0.25) is 0 Å². The number of aromatic nitrogens is 4. The Kier molecular flexibility index (Phi) is 5.50. The lowest BCUT2D eigenvalue weighted by atomic mass is 10.2. The first kappa shape index (κ1) is 21.1.